The SMILES string of the molecule is COc1cc2c(cc1Nc1ncc(Cl)c(-n3cc(P(C)(C)=O)c4ccccc43)n1)CN(C)CC2. The van der Waals surface area contributed by atoms with Crippen molar-refractivity contribution in [2.45, 2.75) is 13.0 Å². The first-order valence-electron chi connectivity index (χ1n) is 11.1. The van der Waals surface area contributed by atoms with Crippen LogP contribution in [0.5, 0.6) is 5.75 Å². The van der Waals surface area contributed by atoms with Gasteiger partial charge in [-0.3, -0.25) is 4.57 Å². The molecule has 0 bridgehead atoms. The average molecular weight is 496 g/mol. The third-order valence-electron chi connectivity index (χ3n) is 6.20. The number of rotatable bonds is 5. The summed E-state index contributed by atoms with van der Waals surface area (Å²) in [7, 11) is 1.27. The summed E-state index contributed by atoms with van der Waals surface area (Å²) in [6, 6.07) is 12.0. The van der Waals surface area contributed by atoms with Crippen LogP contribution in [0.4, 0.5) is 11.6 Å². The zero-order chi connectivity index (χ0) is 24.0. The average Bonchev–Trinajstić information content (AvgIpc) is 3.20. The number of para-hydroxylation sites is 1. The molecule has 1 aliphatic rings. The quantitative estimate of drug-likeness (QED) is 0.390. The van der Waals surface area contributed by atoms with E-state index in [4.69, 9.17) is 21.3 Å². The van der Waals surface area contributed by atoms with Crippen LogP contribution in [0.3, 0.4) is 0 Å². The summed E-state index contributed by atoms with van der Waals surface area (Å²) in [5.74, 6) is 1.67. The lowest BCUT2D eigenvalue weighted by atomic mass is 9.99. The van der Waals surface area contributed by atoms with Gasteiger partial charge in [-0.25, -0.2) is 4.98 Å². The molecule has 9 heteroatoms. The minimum absolute atomic E-state index is 0.400. The summed E-state index contributed by atoms with van der Waals surface area (Å²) in [5.41, 5.74) is 4.25. The molecule has 176 valence electrons. The van der Waals surface area contributed by atoms with E-state index >= 15 is 0 Å². The molecule has 0 atom stereocenters. The highest BCUT2D eigenvalue weighted by Crippen LogP contribution is 2.39. The molecule has 3 heterocycles. The molecule has 0 radical (unpaired) electrons. The fourth-order valence-corrected chi connectivity index (χ4v) is 5.81. The maximum Gasteiger partial charge on any atom is 0.229 e. The molecule has 2 aromatic carbocycles. The number of benzene rings is 2. The van der Waals surface area contributed by atoms with Gasteiger partial charge in [0.2, 0.25) is 5.95 Å². The van der Waals surface area contributed by atoms with Crippen molar-refractivity contribution in [3.05, 3.63) is 64.9 Å². The van der Waals surface area contributed by atoms with Crippen LogP contribution < -0.4 is 15.4 Å². The van der Waals surface area contributed by atoms with Gasteiger partial charge in [-0.15, -0.1) is 0 Å². The second kappa shape index (κ2) is 8.73. The van der Waals surface area contributed by atoms with Gasteiger partial charge in [0.1, 0.15) is 17.9 Å². The van der Waals surface area contributed by atoms with Gasteiger partial charge in [0.05, 0.1) is 24.5 Å². The monoisotopic (exact) mass is 495 g/mol. The summed E-state index contributed by atoms with van der Waals surface area (Å²) < 4.78 is 20.5. The van der Waals surface area contributed by atoms with E-state index in [2.05, 4.69) is 34.4 Å². The van der Waals surface area contributed by atoms with Crippen LogP contribution in [0.1, 0.15) is 11.1 Å². The third-order valence-corrected chi connectivity index (χ3v) is 7.98. The predicted octanol–water partition coefficient (Wildman–Crippen LogP) is 5.06. The molecule has 0 saturated carbocycles. The normalized spacial score (nSPS) is 14.3. The summed E-state index contributed by atoms with van der Waals surface area (Å²) in [6.45, 7) is 5.45. The molecule has 5 rings (SSSR count). The molecule has 0 amide bonds. The summed E-state index contributed by atoms with van der Waals surface area (Å²) in [5, 5.41) is 5.45. The molecule has 0 saturated heterocycles. The van der Waals surface area contributed by atoms with Crippen molar-refractivity contribution < 1.29 is 9.30 Å². The van der Waals surface area contributed by atoms with Gasteiger partial charge in [-0.1, -0.05) is 29.8 Å². The van der Waals surface area contributed by atoms with E-state index in [9.17, 15) is 4.57 Å². The van der Waals surface area contributed by atoms with Gasteiger partial charge in [-0.2, -0.15) is 4.98 Å². The molecule has 34 heavy (non-hydrogen) atoms. The fraction of sp³-hybridized carbons (Fsp3) is 0.280. The van der Waals surface area contributed by atoms with Crippen molar-refractivity contribution in [1.82, 2.24) is 19.4 Å². The largest absolute Gasteiger partial charge is 0.495 e. The molecule has 1 aliphatic heterocycles. The zero-order valence-corrected chi connectivity index (χ0v) is 21.3. The summed E-state index contributed by atoms with van der Waals surface area (Å²) in [6.07, 6.45) is 4.45. The number of hydrogen-bond donors (Lipinski definition) is 1. The maximum atomic E-state index is 13.0. The van der Waals surface area contributed by atoms with Gasteiger partial charge < -0.3 is 19.5 Å². The molecule has 1 N–H and O–H groups in total. The van der Waals surface area contributed by atoms with E-state index in [1.54, 1.807) is 26.6 Å². The lowest BCUT2D eigenvalue weighted by molar-refractivity contribution is 0.312. The number of aromatic nitrogens is 3. The lowest BCUT2D eigenvalue weighted by Crippen LogP contribution is -2.26. The van der Waals surface area contributed by atoms with E-state index in [1.165, 1.54) is 11.1 Å². The van der Waals surface area contributed by atoms with Gasteiger partial charge in [0.15, 0.2) is 5.82 Å². The van der Waals surface area contributed by atoms with Crippen LogP contribution in [0.25, 0.3) is 16.7 Å². The smallest absolute Gasteiger partial charge is 0.229 e. The highest BCUT2D eigenvalue weighted by atomic mass is 35.5. The second-order valence-electron chi connectivity index (χ2n) is 9.05. The Labute approximate surface area is 204 Å². The Morgan fingerprint density at radius 3 is 2.74 bits per heavy atom. The predicted molar refractivity (Wildman–Crippen MR) is 139 cm³/mol. The van der Waals surface area contributed by atoms with Crippen LogP contribution in [-0.2, 0) is 17.5 Å². The van der Waals surface area contributed by atoms with Crippen LogP contribution in [0.2, 0.25) is 5.02 Å². The highest BCUT2D eigenvalue weighted by molar-refractivity contribution is 7.70. The van der Waals surface area contributed by atoms with Crippen LogP contribution in [0.15, 0.2) is 48.8 Å². The van der Waals surface area contributed by atoms with E-state index in [0.29, 0.717) is 16.8 Å². The molecule has 0 fully saturated rings. The molecule has 4 aromatic rings. The second-order valence-corrected chi connectivity index (χ2v) is 12.6. The van der Waals surface area contributed by atoms with E-state index < -0.39 is 7.14 Å². The van der Waals surface area contributed by atoms with E-state index in [-0.39, 0.29) is 0 Å². The van der Waals surface area contributed by atoms with Crippen molar-refractivity contribution >= 4 is 46.6 Å². The number of fused-ring (bicyclic) bond motifs is 2. The standard InChI is InChI=1S/C25H27ClN5O2P/c1-30-10-9-16-12-22(33-2)20(11-17(16)14-30)28-25-27-13-19(26)24(29-25)31-15-23(34(3,4)32)18-7-5-6-8-21(18)31/h5-8,11-13,15H,9-10,14H2,1-4H3,(H,27,28,29). The topological polar surface area (TPSA) is 72.3 Å². The Hall–Kier alpha value is -2.86. The van der Waals surface area contributed by atoms with Crippen LogP contribution in [-0.4, -0.2) is 53.5 Å². The molecule has 0 unspecified atom stereocenters. The summed E-state index contributed by atoms with van der Waals surface area (Å²) >= 11 is 6.55. The molecule has 7 nitrogen and oxygen atoms in total. The third kappa shape index (κ3) is 4.20. The summed E-state index contributed by atoms with van der Waals surface area (Å²) in [4.78, 5) is 11.4. The molecule has 0 aliphatic carbocycles. The van der Waals surface area contributed by atoms with Crippen molar-refractivity contribution in [2.75, 3.05) is 39.3 Å². The Bertz CT molecular complexity index is 1450. The van der Waals surface area contributed by atoms with Gasteiger partial charge >= 0.3 is 0 Å². The van der Waals surface area contributed by atoms with Crippen molar-refractivity contribution in [1.29, 1.82) is 0 Å². The molecular formula is C25H27ClN5O2P. The minimum atomic E-state index is -2.52. The van der Waals surface area contributed by atoms with Gasteiger partial charge in [-0.05, 0) is 56.1 Å². The first-order chi connectivity index (χ1) is 16.2. The Balaban J connectivity index is 1.58. The van der Waals surface area contributed by atoms with E-state index in [1.807, 2.05) is 35.0 Å². The zero-order valence-electron chi connectivity index (χ0n) is 19.7. The van der Waals surface area contributed by atoms with Gasteiger partial charge in [0, 0.05) is 30.0 Å². The number of anilines is 2. The molecule has 0 spiro atoms. The number of nitrogens with zero attached hydrogens (tertiary/aromatic N) is 4. The van der Waals surface area contributed by atoms with Crippen molar-refractivity contribution in [2.24, 2.45) is 0 Å². The number of hydrogen-bond acceptors (Lipinski definition) is 6. The lowest BCUT2D eigenvalue weighted by Gasteiger charge is -2.26. The number of nitrogens with one attached hydrogen (secondary N) is 1. The Morgan fingerprint density at radius 2 is 1.97 bits per heavy atom. The first-order valence-corrected chi connectivity index (χ1v) is 14.1. The molecule has 2 aromatic heterocycles. The fourth-order valence-electron chi connectivity index (χ4n) is 4.47. The van der Waals surface area contributed by atoms with Crippen LogP contribution >= 0.6 is 18.7 Å². The first kappa shape index (κ1) is 22.9. The van der Waals surface area contributed by atoms with Crippen molar-refractivity contribution in [3.63, 3.8) is 0 Å². The van der Waals surface area contributed by atoms with E-state index in [0.717, 1.165) is 47.2 Å². The minimum Gasteiger partial charge on any atom is -0.495 e. The maximum absolute atomic E-state index is 13.0. The number of halogens is 1. The number of methoxy groups -OCH3 is 1. The Morgan fingerprint density at radius 1 is 1.18 bits per heavy atom. The number of ether oxygens (including phenoxy) is 1. The highest BCUT2D eigenvalue weighted by Gasteiger charge is 2.22. The van der Waals surface area contributed by atoms with Gasteiger partial charge in [0.25, 0.3) is 0 Å². The van der Waals surface area contributed by atoms with Crippen LogP contribution in [0, 0.1) is 0 Å². The number of likely N-dealkylation sites (N-methyl/N-ethyl adjacent to an activating group) is 1. The Kier molecular flexibility index (Phi) is 5.88. The molecular weight excluding hydrogens is 469 g/mol. The van der Waals surface area contributed by atoms with Crippen molar-refractivity contribution in [3.8, 4) is 11.6 Å².